The molecular formula is C15H19F2N3O. The first-order valence-electron chi connectivity index (χ1n) is 6.76. The summed E-state index contributed by atoms with van der Waals surface area (Å²) in [4.78, 5) is 3.92. The van der Waals surface area contributed by atoms with Crippen molar-refractivity contribution in [2.75, 3.05) is 0 Å². The van der Waals surface area contributed by atoms with Crippen LogP contribution in [-0.4, -0.2) is 15.6 Å². The average Bonchev–Trinajstić information content (AvgIpc) is 2.81. The molecule has 2 aromatic rings. The van der Waals surface area contributed by atoms with Crippen LogP contribution in [0.5, 0.6) is 5.75 Å². The molecule has 1 N–H and O–H groups in total. The summed E-state index contributed by atoms with van der Waals surface area (Å²) in [6.45, 7) is 4.41. The summed E-state index contributed by atoms with van der Waals surface area (Å²) in [5, 5.41) is 3.11. The maximum Gasteiger partial charge on any atom is 0.191 e. The largest absolute Gasteiger partial charge is 0.481 e. The molecule has 6 heteroatoms. The number of halogens is 2. The zero-order chi connectivity index (χ0) is 15.4. The Hall–Kier alpha value is -1.95. The Morgan fingerprint density at radius 2 is 1.95 bits per heavy atom. The summed E-state index contributed by atoms with van der Waals surface area (Å²) in [7, 11) is 1.79. The van der Waals surface area contributed by atoms with Crippen molar-refractivity contribution in [3.8, 4) is 5.75 Å². The number of aromatic nitrogens is 2. The van der Waals surface area contributed by atoms with Crippen molar-refractivity contribution in [1.29, 1.82) is 0 Å². The zero-order valence-electron chi connectivity index (χ0n) is 12.4. The molecule has 0 aliphatic heterocycles. The second-order valence-corrected chi connectivity index (χ2v) is 5.21. The molecule has 21 heavy (non-hydrogen) atoms. The van der Waals surface area contributed by atoms with Gasteiger partial charge in [-0.05, 0) is 17.7 Å². The summed E-state index contributed by atoms with van der Waals surface area (Å²) in [6.07, 6.45) is 3.20. The molecule has 0 amide bonds. The van der Waals surface area contributed by atoms with Crippen molar-refractivity contribution in [2.45, 2.75) is 33.0 Å². The van der Waals surface area contributed by atoms with Crippen LogP contribution in [0.1, 0.15) is 25.1 Å². The van der Waals surface area contributed by atoms with E-state index in [9.17, 15) is 8.78 Å². The van der Waals surface area contributed by atoms with Crippen molar-refractivity contribution >= 4 is 0 Å². The minimum Gasteiger partial charge on any atom is -0.481 e. The SMILES string of the molecule is CC(C)NCc1cc(F)c(OCc2cncn2C)c(F)c1. The van der Waals surface area contributed by atoms with Gasteiger partial charge in [0.2, 0.25) is 0 Å². The molecule has 2 rings (SSSR count). The second-order valence-electron chi connectivity index (χ2n) is 5.21. The molecule has 0 unspecified atom stereocenters. The molecule has 1 heterocycles. The monoisotopic (exact) mass is 295 g/mol. The Balaban J connectivity index is 2.08. The highest BCUT2D eigenvalue weighted by Gasteiger charge is 2.13. The fourth-order valence-corrected chi connectivity index (χ4v) is 1.84. The van der Waals surface area contributed by atoms with Gasteiger partial charge in [-0.1, -0.05) is 13.8 Å². The first kappa shape index (κ1) is 15.4. The van der Waals surface area contributed by atoms with E-state index < -0.39 is 11.6 Å². The van der Waals surface area contributed by atoms with Crippen LogP contribution in [-0.2, 0) is 20.2 Å². The number of hydrogen-bond donors (Lipinski definition) is 1. The number of hydrogen-bond acceptors (Lipinski definition) is 3. The molecule has 114 valence electrons. The highest BCUT2D eigenvalue weighted by molar-refractivity contribution is 5.31. The Labute approximate surface area is 122 Å². The molecule has 0 aliphatic carbocycles. The molecule has 0 atom stereocenters. The van der Waals surface area contributed by atoms with Gasteiger partial charge in [0.15, 0.2) is 17.4 Å². The minimum atomic E-state index is -0.697. The second kappa shape index (κ2) is 6.67. The van der Waals surface area contributed by atoms with Crippen LogP contribution in [0.25, 0.3) is 0 Å². The van der Waals surface area contributed by atoms with Crippen LogP contribution in [0, 0.1) is 11.6 Å². The van der Waals surface area contributed by atoms with Crippen LogP contribution >= 0.6 is 0 Å². The molecule has 1 aromatic heterocycles. The van der Waals surface area contributed by atoms with Crippen molar-refractivity contribution in [2.24, 2.45) is 7.05 Å². The van der Waals surface area contributed by atoms with E-state index in [-0.39, 0.29) is 18.4 Å². The molecule has 4 nitrogen and oxygen atoms in total. The van der Waals surface area contributed by atoms with Crippen LogP contribution in [0.4, 0.5) is 8.78 Å². The summed E-state index contributed by atoms with van der Waals surface area (Å²) in [5.41, 5.74) is 1.28. The molecule has 0 fully saturated rings. The van der Waals surface area contributed by atoms with Gasteiger partial charge in [-0.2, -0.15) is 0 Å². The lowest BCUT2D eigenvalue weighted by atomic mass is 10.2. The van der Waals surface area contributed by atoms with Crippen LogP contribution < -0.4 is 10.1 Å². The van der Waals surface area contributed by atoms with Gasteiger partial charge >= 0.3 is 0 Å². The first-order chi connectivity index (χ1) is 9.97. The van der Waals surface area contributed by atoms with E-state index in [0.717, 1.165) is 5.69 Å². The van der Waals surface area contributed by atoms with Crippen molar-refractivity contribution in [3.05, 3.63) is 47.5 Å². The summed E-state index contributed by atoms with van der Waals surface area (Å²) >= 11 is 0. The number of imidazole rings is 1. The lowest BCUT2D eigenvalue weighted by Gasteiger charge is -2.12. The minimum absolute atomic E-state index is 0.0634. The Bertz CT molecular complexity index is 588. The zero-order valence-corrected chi connectivity index (χ0v) is 12.4. The number of benzene rings is 1. The summed E-state index contributed by atoms with van der Waals surface area (Å²) in [5.74, 6) is -1.75. The molecule has 0 saturated heterocycles. The van der Waals surface area contributed by atoms with Gasteiger partial charge in [0.1, 0.15) is 6.61 Å². The molecular weight excluding hydrogens is 276 g/mol. The van der Waals surface area contributed by atoms with Gasteiger partial charge in [-0.15, -0.1) is 0 Å². The smallest absolute Gasteiger partial charge is 0.191 e. The Kier molecular flexibility index (Phi) is 4.90. The molecule has 1 aromatic carbocycles. The lowest BCUT2D eigenvalue weighted by molar-refractivity contribution is 0.266. The van der Waals surface area contributed by atoms with E-state index in [1.807, 2.05) is 13.8 Å². The standard InChI is InChI=1S/C15H19F2N3O/c1-10(2)19-6-11-4-13(16)15(14(17)5-11)21-8-12-7-18-9-20(12)3/h4-5,7,9-10,19H,6,8H2,1-3H3. The quantitative estimate of drug-likeness (QED) is 0.890. The normalized spacial score (nSPS) is 11.1. The predicted molar refractivity (Wildman–Crippen MR) is 75.9 cm³/mol. The average molecular weight is 295 g/mol. The third-order valence-corrected chi connectivity index (χ3v) is 3.05. The highest BCUT2D eigenvalue weighted by Crippen LogP contribution is 2.24. The maximum atomic E-state index is 13.9. The van der Waals surface area contributed by atoms with E-state index >= 15 is 0 Å². The van der Waals surface area contributed by atoms with Gasteiger partial charge in [-0.25, -0.2) is 13.8 Å². The van der Waals surface area contributed by atoms with Crippen LogP contribution in [0.15, 0.2) is 24.7 Å². The molecule has 0 bridgehead atoms. The number of ether oxygens (including phenoxy) is 1. The van der Waals surface area contributed by atoms with Crippen molar-refractivity contribution in [1.82, 2.24) is 14.9 Å². The Morgan fingerprint density at radius 3 is 2.48 bits per heavy atom. The van der Waals surface area contributed by atoms with Gasteiger partial charge < -0.3 is 14.6 Å². The number of aryl methyl sites for hydroxylation is 1. The number of rotatable bonds is 6. The van der Waals surface area contributed by atoms with Gasteiger partial charge in [0.05, 0.1) is 18.2 Å². The van der Waals surface area contributed by atoms with Crippen LogP contribution in [0.3, 0.4) is 0 Å². The summed E-state index contributed by atoms with van der Waals surface area (Å²) in [6, 6.07) is 2.82. The molecule has 0 aliphatic rings. The van der Waals surface area contributed by atoms with Crippen molar-refractivity contribution < 1.29 is 13.5 Å². The lowest BCUT2D eigenvalue weighted by Crippen LogP contribution is -2.22. The van der Waals surface area contributed by atoms with Crippen molar-refractivity contribution in [3.63, 3.8) is 0 Å². The molecule has 0 spiro atoms. The topological polar surface area (TPSA) is 39.1 Å². The van der Waals surface area contributed by atoms with E-state index in [1.165, 1.54) is 12.1 Å². The van der Waals surface area contributed by atoms with Gasteiger partial charge in [0, 0.05) is 19.6 Å². The summed E-state index contributed by atoms with van der Waals surface area (Å²) < 4.78 is 34.9. The number of nitrogens with one attached hydrogen (secondary N) is 1. The molecule has 0 radical (unpaired) electrons. The van der Waals surface area contributed by atoms with E-state index in [1.54, 1.807) is 24.1 Å². The maximum absolute atomic E-state index is 13.9. The van der Waals surface area contributed by atoms with E-state index in [4.69, 9.17) is 4.74 Å². The number of nitrogens with zero attached hydrogens (tertiary/aromatic N) is 2. The third-order valence-electron chi connectivity index (χ3n) is 3.05. The Morgan fingerprint density at radius 1 is 1.29 bits per heavy atom. The first-order valence-corrected chi connectivity index (χ1v) is 6.76. The van der Waals surface area contributed by atoms with E-state index in [2.05, 4.69) is 10.3 Å². The van der Waals surface area contributed by atoms with E-state index in [0.29, 0.717) is 12.1 Å². The van der Waals surface area contributed by atoms with Gasteiger partial charge in [-0.3, -0.25) is 0 Å². The fraction of sp³-hybridized carbons (Fsp3) is 0.400. The third kappa shape index (κ3) is 4.01. The van der Waals surface area contributed by atoms with Gasteiger partial charge in [0.25, 0.3) is 0 Å². The predicted octanol–water partition coefficient (Wildman–Crippen LogP) is 2.78. The van der Waals surface area contributed by atoms with Crippen LogP contribution in [0.2, 0.25) is 0 Å². The molecule has 0 saturated carbocycles. The fourth-order valence-electron chi connectivity index (χ4n) is 1.84. The highest BCUT2D eigenvalue weighted by atomic mass is 19.1.